The van der Waals surface area contributed by atoms with E-state index in [1.165, 1.54) is 12.1 Å². The number of hydrazone groups is 1. The number of hydrogen-bond donors (Lipinski definition) is 0. The van der Waals surface area contributed by atoms with Crippen LogP contribution < -0.4 is 9.47 Å². The highest BCUT2D eigenvalue weighted by Crippen LogP contribution is 2.48. The Morgan fingerprint density at radius 1 is 1.06 bits per heavy atom. The Labute approximate surface area is 189 Å². The monoisotopic (exact) mass is 480 g/mol. The number of hydrogen-bond acceptors (Lipinski definition) is 4. The second kappa shape index (κ2) is 8.00. The van der Waals surface area contributed by atoms with Crippen molar-refractivity contribution in [3.63, 3.8) is 0 Å². The Balaban J connectivity index is 1.52. The van der Waals surface area contributed by atoms with Crippen LogP contribution in [0.15, 0.2) is 76.3 Å². The average molecular weight is 481 g/mol. The molecule has 2 heterocycles. The van der Waals surface area contributed by atoms with Crippen LogP contribution in [0.1, 0.15) is 49.2 Å². The molecule has 158 valence electrons. The van der Waals surface area contributed by atoms with E-state index in [0.29, 0.717) is 0 Å². The first-order valence-corrected chi connectivity index (χ1v) is 11.1. The van der Waals surface area contributed by atoms with Gasteiger partial charge in [-0.3, -0.25) is 0 Å². The van der Waals surface area contributed by atoms with E-state index in [4.69, 9.17) is 14.6 Å². The highest BCUT2D eigenvalue weighted by Gasteiger charge is 2.41. The van der Waals surface area contributed by atoms with E-state index in [1.807, 2.05) is 55.3 Å². The molecule has 2 aliphatic heterocycles. The number of halogens is 2. The van der Waals surface area contributed by atoms with E-state index in [1.54, 1.807) is 12.1 Å². The number of benzene rings is 3. The molecule has 2 aliphatic rings. The largest absolute Gasteiger partial charge is 0.491 e. The number of nitrogens with zero attached hydrogens (tertiary/aromatic N) is 2. The normalized spacial score (nSPS) is 19.5. The van der Waals surface area contributed by atoms with Crippen LogP contribution in [0.4, 0.5) is 4.39 Å². The van der Waals surface area contributed by atoms with E-state index < -0.39 is 6.23 Å². The summed E-state index contributed by atoms with van der Waals surface area (Å²) in [6, 6.07) is 20.6. The summed E-state index contributed by atoms with van der Waals surface area (Å²) in [5.41, 5.74) is 4.00. The minimum atomic E-state index is -0.416. The maximum absolute atomic E-state index is 13.5. The first kappa shape index (κ1) is 20.1. The molecule has 0 aromatic heterocycles. The van der Waals surface area contributed by atoms with Gasteiger partial charge in [-0.1, -0.05) is 28.1 Å². The van der Waals surface area contributed by atoms with Gasteiger partial charge < -0.3 is 9.47 Å². The summed E-state index contributed by atoms with van der Waals surface area (Å²) in [5, 5.41) is 6.95. The van der Waals surface area contributed by atoms with Gasteiger partial charge in [0.05, 0.1) is 17.9 Å². The van der Waals surface area contributed by atoms with Crippen molar-refractivity contribution in [2.24, 2.45) is 5.10 Å². The average Bonchev–Trinajstić information content (AvgIpc) is 3.20. The molecule has 0 bridgehead atoms. The van der Waals surface area contributed by atoms with Crippen molar-refractivity contribution in [1.82, 2.24) is 5.01 Å². The van der Waals surface area contributed by atoms with Crippen LogP contribution in [-0.4, -0.2) is 16.8 Å². The minimum Gasteiger partial charge on any atom is -0.491 e. The third kappa shape index (κ3) is 3.92. The van der Waals surface area contributed by atoms with E-state index in [-0.39, 0.29) is 18.0 Å². The molecule has 31 heavy (non-hydrogen) atoms. The van der Waals surface area contributed by atoms with Crippen LogP contribution >= 0.6 is 15.9 Å². The van der Waals surface area contributed by atoms with Gasteiger partial charge in [0.2, 0.25) is 6.23 Å². The Morgan fingerprint density at radius 2 is 1.81 bits per heavy atom. The van der Waals surface area contributed by atoms with Crippen molar-refractivity contribution in [3.05, 3.63) is 93.7 Å². The molecule has 0 aliphatic carbocycles. The van der Waals surface area contributed by atoms with Gasteiger partial charge in [0.25, 0.3) is 0 Å². The van der Waals surface area contributed by atoms with Crippen LogP contribution in [-0.2, 0) is 0 Å². The molecular weight excluding hydrogens is 459 g/mol. The quantitative estimate of drug-likeness (QED) is 0.420. The van der Waals surface area contributed by atoms with Gasteiger partial charge in [-0.25, -0.2) is 9.40 Å². The predicted molar refractivity (Wildman–Crippen MR) is 122 cm³/mol. The Kier molecular flexibility index (Phi) is 5.18. The van der Waals surface area contributed by atoms with Crippen molar-refractivity contribution >= 4 is 21.6 Å². The summed E-state index contributed by atoms with van der Waals surface area (Å²) >= 11 is 3.58. The zero-order valence-electron chi connectivity index (χ0n) is 17.3. The van der Waals surface area contributed by atoms with E-state index in [2.05, 4.69) is 22.0 Å². The molecule has 0 saturated carbocycles. The van der Waals surface area contributed by atoms with Gasteiger partial charge >= 0.3 is 0 Å². The molecule has 2 atom stereocenters. The minimum absolute atomic E-state index is 0.0397. The molecule has 2 unspecified atom stereocenters. The fourth-order valence-electron chi connectivity index (χ4n) is 4.08. The Bertz CT molecular complexity index is 1130. The second-order valence-corrected chi connectivity index (χ2v) is 8.96. The van der Waals surface area contributed by atoms with Gasteiger partial charge in [0.15, 0.2) is 0 Å². The lowest BCUT2D eigenvalue weighted by atomic mass is 9.96. The molecule has 3 aromatic carbocycles. The summed E-state index contributed by atoms with van der Waals surface area (Å²) in [5.74, 6) is 1.41. The third-order valence-electron chi connectivity index (χ3n) is 5.47. The maximum Gasteiger partial charge on any atom is 0.213 e. The van der Waals surface area contributed by atoms with Crippen LogP contribution in [0.5, 0.6) is 11.5 Å². The molecule has 0 fully saturated rings. The Hall–Kier alpha value is -2.86. The fourth-order valence-corrected chi connectivity index (χ4v) is 4.46. The lowest BCUT2D eigenvalue weighted by Crippen LogP contribution is -2.33. The Morgan fingerprint density at radius 3 is 2.52 bits per heavy atom. The fraction of sp³-hybridized carbons (Fsp3) is 0.240. The molecule has 0 radical (unpaired) electrons. The van der Waals surface area contributed by atoms with Crippen molar-refractivity contribution in [2.45, 2.75) is 38.6 Å². The van der Waals surface area contributed by atoms with Crippen molar-refractivity contribution in [1.29, 1.82) is 0 Å². The van der Waals surface area contributed by atoms with E-state index in [0.717, 1.165) is 44.8 Å². The maximum atomic E-state index is 13.5. The lowest BCUT2D eigenvalue weighted by Gasteiger charge is -2.38. The molecule has 0 spiro atoms. The zero-order chi connectivity index (χ0) is 21.5. The van der Waals surface area contributed by atoms with Gasteiger partial charge in [-0.15, -0.1) is 0 Å². The predicted octanol–water partition coefficient (Wildman–Crippen LogP) is 6.62. The number of ether oxygens (including phenoxy) is 2. The van der Waals surface area contributed by atoms with E-state index >= 15 is 0 Å². The molecule has 0 N–H and O–H groups in total. The zero-order valence-corrected chi connectivity index (χ0v) is 18.8. The van der Waals surface area contributed by atoms with Gasteiger partial charge in [0, 0.05) is 22.0 Å². The first-order chi connectivity index (χ1) is 15.0. The molecular formula is C25H22BrFN2O2. The van der Waals surface area contributed by atoms with Crippen LogP contribution in [0.25, 0.3) is 0 Å². The summed E-state index contributed by atoms with van der Waals surface area (Å²) in [6.45, 7) is 4.02. The second-order valence-electron chi connectivity index (χ2n) is 8.04. The van der Waals surface area contributed by atoms with Crippen LogP contribution in [0.2, 0.25) is 0 Å². The van der Waals surface area contributed by atoms with Crippen molar-refractivity contribution in [2.75, 3.05) is 0 Å². The highest BCUT2D eigenvalue weighted by molar-refractivity contribution is 9.10. The van der Waals surface area contributed by atoms with Gasteiger partial charge in [0.1, 0.15) is 17.3 Å². The summed E-state index contributed by atoms with van der Waals surface area (Å²) in [7, 11) is 0. The standard InChI is InChI=1S/C25H22BrFN2O2/c1-15(2)30-20-10-5-16(6-11-20)22-14-23-21-13-18(26)7-12-24(21)31-25(29(23)28-22)17-3-8-19(27)9-4-17/h3-13,15,23,25H,14H2,1-2H3. The highest BCUT2D eigenvalue weighted by atomic mass is 79.9. The van der Waals surface area contributed by atoms with Crippen molar-refractivity contribution < 1.29 is 13.9 Å². The lowest BCUT2D eigenvalue weighted by molar-refractivity contribution is -0.0191. The van der Waals surface area contributed by atoms with Gasteiger partial charge in [-0.2, -0.15) is 5.10 Å². The topological polar surface area (TPSA) is 34.1 Å². The number of rotatable bonds is 4. The SMILES string of the molecule is CC(C)Oc1ccc(C2=NN3C(C2)c2cc(Br)ccc2OC3c2ccc(F)cc2)cc1. The molecule has 0 saturated heterocycles. The van der Waals surface area contributed by atoms with Gasteiger partial charge in [-0.05, 0) is 74.0 Å². The molecule has 0 amide bonds. The smallest absolute Gasteiger partial charge is 0.213 e. The molecule has 6 heteroatoms. The molecule has 5 rings (SSSR count). The van der Waals surface area contributed by atoms with Crippen LogP contribution in [0.3, 0.4) is 0 Å². The molecule has 3 aromatic rings. The first-order valence-electron chi connectivity index (χ1n) is 10.3. The number of fused-ring (bicyclic) bond motifs is 3. The third-order valence-corrected chi connectivity index (χ3v) is 5.96. The summed E-state index contributed by atoms with van der Waals surface area (Å²) in [4.78, 5) is 0. The van der Waals surface area contributed by atoms with Crippen LogP contribution in [0, 0.1) is 5.82 Å². The summed E-state index contributed by atoms with van der Waals surface area (Å²) < 4.78 is 26.6. The van der Waals surface area contributed by atoms with Crippen molar-refractivity contribution in [3.8, 4) is 11.5 Å². The molecule has 4 nitrogen and oxygen atoms in total. The van der Waals surface area contributed by atoms with E-state index in [9.17, 15) is 4.39 Å². The summed E-state index contributed by atoms with van der Waals surface area (Å²) in [6.07, 6.45) is 0.474.